The van der Waals surface area contributed by atoms with Crippen molar-refractivity contribution in [1.82, 2.24) is 15.0 Å². The second kappa shape index (κ2) is 8.02. The number of rotatable bonds is 8. The van der Waals surface area contributed by atoms with Crippen LogP contribution in [0.25, 0.3) is 0 Å². The molecule has 0 unspecified atom stereocenters. The fraction of sp³-hybridized carbons (Fsp3) is 0.800. The molecule has 0 bridgehead atoms. The third-order valence-electron chi connectivity index (χ3n) is 2.61. The topological polar surface area (TPSA) is 62.7 Å². The van der Waals surface area contributed by atoms with E-state index in [-0.39, 0.29) is 0 Å². The van der Waals surface area contributed by atoms with Crippen molar-refractivity contribution in [2.45, 2.75) is 48.0 Å². The van der Waals surface area contributed by atoms with Crippen LogP contribution < -0.4 is 10.6 Å². The lowest BCUT2D eigenvalue weighted by atomic mass is 10.1. The van der Waals surface area contributed by atoms with E-state index >= 15 is 0 Å². The summed E-state index contributed by atoms with van der Waals surface area (Å²) in [6.45, 7) is 14.8. The summed E-state index contributed by atoms with van der Waals surface area (Å²) in [5.74, 6) is 3.87. The van der Waals surface area contributed by atoms with Crippen molar-refractivity contribution in [2.75, 3.05) is 23.7 Å². The zero-order valence-corrected chi connectivity index (χ0v) is 13.7. The number of aromatic nitrogens is 3. The van der Waals surface area contributed by atoms with Gasteiger partial charge in [0.1, 0.15) is 5.82 Å². The van der Waals surface area contributed by atoms with Crippen LogP contribution in [-0.2, 0) is 6.42 Å². The first-order chi connectivity index (χ1) is 9.36. The van der Waals surface area contributed by atoms with E-state index in [2.05, 4.69) is 67.1 Å². The van der Waals surface area contributed by atoms with E-state index in [0.29, 0.717) is 29.7 Å². The van der Waals surface area contributed by atoms with Crippen LogP contribution in [0.2, 0.25) is 0 Å². The highest BCUT2D eigenvalue weighted by Gasteiger charge is 2.09. The molecule has 0 fully saturated rings. The van der Waals surface area contributed by atoms with Crippen LogP contribution >= 0.6 is 0 Å². The summed E-state index contributed by atoms with van der Waals surface area (Å²) in [6.07, 6.45) is 0.870. The molecule has 0 aromatic carbocycles. The molecule has 0 amide bonds. The van der Waals surface area contributed by atoms with Gasteiger partial charge in [-0.15, -0.1) is 0 Å². The summed E-state index contributed by atoms with van der Waals surface area (Å²) in [7, 11) is 0. The second-order valence-corrected chi connectivity index (χ2v) is 6.55. The maximum absolute atomic E-state index is 4.50. The Labute approximate surface area is 123 Å². The molecule has 1 aromatic heterocycles. The van der Waals surface area contributed by atoms with E-state index in [0.717, 1.165) is 25.3 Å². The van der Waals surface area contributed by atoms with Gasteiger partial charge in [0.05, 0.1) is 0 Å². The summed E-state index contributed by atoms with van der Waals surface area (Å²) in [5.41, 5.74) is 0. The summed E-state index contributed by atoms with van der Waals surface area (Å²) in [6, 6.07) is 0. The van der Waals surface area contributed by atoms with Crippen LogP contribution in [0.3, 0.4) is 0 Å². The van der Waals surface area contributed by atoms with E-state index in [1.54, 1.807) is 0 Å². The Bertz CT molecular complexity index is 371. The van der Waals surface area contributed by atoms with Gasteiger partial charge in [-0.1, -0.05) is 41.5 Å². The minimum atomic E-state index is 0.535. The van der Waals surface area contributed by atoms with Crippen LogP contribution in [0.4, 0.5) is 11.9 Å². The molecule has 1 rings (SSSR count). The highest BCUT2D eigenvalue weighted by molar-refractivity contribution is 5.34. The van der Waals surface area contributed by atoms with Crippen molar-refractivity contribution in [2.24, 2.45) is 17.8 Å². The molecular formula is C15H29N5. The number of hydrogen-bond donors (Lipinski definition) is 2. The molecule has 0 saturated carbocycles. The van der Waals surface area contributed by atoms with Crippen molar-refractivity contribution >= 4 is 11.9 Å². The third-order valence-corrected chi connectivity index (χ3v) is 2.61. The quantitative estimate of drug-likeness (QED) is 0.765. The predicted octanol–water partition coefficient (Wildman–Crippen LogP) is 3.21. The molecule has 5 heteroatoms. The van der Waals surface area contributed by atoms with Gasteiger partial charge in [-0.3, -0.25) is 0 Å². The highest BCUT2D eigenvalue weighted by atomic mass is 15.2. The Morgan fingerprint density at radius 2 is 1.15 bits per heavy atom. The first kappa shape index (κ1) is 16.7. The van der Waals surface area contributed by atoms with Crippen molar-refractivity contribution in [3.05, 3.63) is 5.82 Å². The Balaban J connectivity index is 2.83. The zero-order chi connectivity index (χ0) is 15.1. The van der Waals surface area contributed by atoms with E-state index in [4.69, 9.17) is 0 Å². The molecule has 1 aromatic rings. The number of anilines is 2. The van der Waals surface area contributed by atoms with Crippen LogP contribution in [-0.4, -0.2) is 28.0 Å². The smallest absolute Gasteiger partial charge is 0.227 e. The fourth-order valence-electron chi connectivity index (χ4n) is 1.63. The largest absolute Gasteiger partial charge is 0.354 e. The minimum Gasteiger partial charge on any atom is -0.354 e. The zero-order valence-electron chi connectivity index (χ0n) is 13.7. The van der Waals surface area contributed by atoms with Crippen LogP contribution in [0.15, 0.2) is 0 Å². The van der Waals surface area contributed by atoms with Gasteiger partial charge in [-0.25, -0.2) is 0 Å². The van der Waals surface area contributed by atoms with Crippen molar-refractivity contribution in [1.29, 1.82) is 0 Å². The summed E-state index contributed by atoms with van der Waals surface area (Å²) in [4.78, 5) is 13.4. The van der Waals surface area contributed by atoms with Crippen LogP contribution in [0, 0.1) is 17.8 Å². The molecule has 0 aliphatic carbocycles. The average Bonchev–Trinajstić information content (AvgIpc) is 2.33. The predicted molar refractivity (Wildman–Crippen MR) is 85.0 cm³/mol. The lowest BCUT2D eigenvalue weighted by Crippen LogP contribution is -2.17. The molecule has 114 valence electrons. The van der Waals surface area contributed by atoms with Crippen LogP contribution in [0.5, 0.6) is 0 Å². The first-order valence-electron chi connectivity index (χ1n) is 7.59. The molecular weight excluding hydrogens is 250 g/mol. The van der Waals surface area contributed by atoms with E-state index in [1.807, 2.05) is 0 Å². The Kier molecular flexibility index (Phi) is 6.68. The van der Waals surface area contributed by atoms with Crippen molar-refractivity contribution in [3.63, 3.8) is 0 Å². The van der Waals surface area contributed by atoms with Gasteiger partial charge in [-0.2, -0.15) is 15.0 Å². The molecule has 0 saturated heterocycles. The molecule has 2 N–H and O–H groups in total. The molecule has 1 heterocycles. The highest BCUT2D eigenvalue weighted by Crippen LogP contribution is 2.10. The third kappa shape index (κ3) is 6.68. The average molecular weight is 279 g/mol. The van der Waals surface area contributed by atoms with E-state index < -0.39 is 0 Å². The lowest BCUT2D eigenvalue weighted by Gasteiger charge is -2.13. The number of nitrogens with one attached hydrogen (secondary N) is 2. The number of hydrogen-bond acceptors (Lipinski definition) is 5. The second-order valence-electron chi connectivity index (χ2n) is 6.55. The molecule has 20 heavy (non-hydrogen) atoms. The van der Waals surface area contributed by atoms with Gasteiger partial charge >= 0.3 is 0 Å². The van der Waals surface area contributed by atoms with Crippen LogP contribution in [0.1, 0.15) is 47.4 Å². The molecule has 5 nitrogen and oxygen atoms in total. The maximum Gasteiger partial charge on any atom is 0.227 e. The monoisotopic (exact) mass is 279 g/mol. The molecule has 0 atom stereocenters. The Morgan fingerprint density at radius 3 is 1.50 bits per heavy atom. The number of nitrogens with zero attached hydrogens (tertiary/aromatic N) is 3. The summed E-state index contributed by atoms with van der Waals surface area (Å²) >= 11 is 0. The van der Waals surface area contributed by atoms with E-state index in [1.165, 1.54) is 0 Å². The normalized spacial score (nSPS) is 11.4. The molecule has 0 aliphatic rings. The van der Waals surface area contributed by atoms with Gasteiger partial charge in [-0.05, 0) is 17.8 Å². The first-order valence-corrected chi connectivity index (χ1v) is 7.59. The lowest BCUT2D eigenvalue weighted by molar-refractivity contribution is 0.615. The molecule has 0 aliphatic heterocycles. The molecule has 0 spiro atoms. The van der Waals surface area contributed by atoms with Gasteiger partial charge in [0.2, 0.25) is 11.9 Å². The van der Waals surface area contributed by atoms with Gasteiger partial charge in [0.25, 0.3) is 0 Å². The SMILES string of the molecule is CC(C)CNc1nc(CC(C)C)nc(NCC(C)C)n1. The van der Waals surface area contributed by atoms with Gasteiger partial charge in [0.15, 0.2) is 0 Å². The minimum absolute atomic E-state index is 0.535. The fourth-order valence-corrected chi connectivity index (χ4v) is 1.63. The Morgan fingerprint density at radius 1 is 0.700 bits per heavy atom. The summed E-state index contributed by atoms with van der Waals surface area (Å²) < 4.78 is 0. The Hall–Kier alpha value is -1.39. The standard InChI is InChI=1S/C15H29N5/c1-10(2)7-13-18-14(16-8-11(3)4)20-15(19-13)17-9-12(5)6/h10-12H,7-9H2,1-6H3,(H2,16,17,18,19,20). The van der Waals surface area contributed by atoms with Gasteiger partial charge < -0.3 is 10.6 Å². The van der Waals surface area contributed by atoms with Crippen molar-refractivity contribution in [3.8, 4) is 0 Å². The molecule has 0 radical (unpaired) electrons. The maximum atomic E-state index is 4.50. The van der Waals surface area contributed by atoms with Crippen molar-refractivity contribution < 1.29 is 0 Å². The summed E-state index contributed by atoms with van der Waals surface area (Å²) in [5, 5.41) is 6.57. The van der Waals surface area contributed by atoms with E-state index in [9.17, 15) is 0 Å². The van der Waals surface area contributed by atoms with Gasteiger partial charge in [0, 0.05) is 19.5 Å².